The molecule has 8 aromatic rings. The highest BCUT2D eigenvalue weighted by molar-refractivity contribution is 6.27. The summed E-state index contributed by atoms with van der Waals surface area (Å²) in [6.45, 7) is 2.14. The first-order valence-electron chi connectivity index (χ1n) is 13.7. The minimum atomic E-state index is 0.761. The van der Waals surface area contributed by atoms with E-state index < -0.39 is 0 Å². The van der Waals surface area contributed by atoms with Crippen LogP contribution in [0.15, 0.2) is 144 Å². The number of nitrogens with one attached hydrogen (secondary N) is 1. The van der Waals surface area contributed by atoms with Gasteiger partial charge < -0.3 is 20.0 Å². The van der Waals surface area contributed by atoms with Gasteiger partial charge in [0.1, 0.15) is 11.2 Å². The molecule has 0 radical (unpaired) electrons. The standard InChI is InChI=1S/C25H17NO.C12H12N2/c1-16-7-6-8-17(15-16)26-20-11-4-2-9-18(20)24-21(26)13-14-23-25(24)19-10-3-5-12-22(19)27-23;13-11-8-4-5-9-12(11)14-10-6-2-1-3-7-10/h2-15H,1H3;1-9,14H,13H2. The monoisotopic (exact) mass is 531 g/mol. The molecule has 0 atom stereocenters. The lowest BCUT2D eigenvalue weighted by molar-refractivity contribution is 0.669. The summed E-state index contributed by atoms with van der Waals surface area (Å²) in [5.74, 6) is 0. The van der Waals surface area contributed by atoms with Gasteiger partial charge in [0.05, 0.1) is 22.4 Å². The third kappa shape index (κ3) is 4.46. The maximum Gasteiger partial charge on any atom is 0.136 e. The van der Waals surface area contributed by atoms with E-state index in [1.54, 1.807) is 0 Å². The summed E-state index contributed by atoms with van der Waals surface area (Å²) in [6.07, 6.45) is 0. The van der Waals surface area contributed by atoms with E-state index in [1.807, 2.05) is 66.7 Å². The van der Waals surface area contributed by atoms with Crippen molar-refractivity contribution in [2.24, 2.45) is 0 Å². The van der Waals surface area contributed by atoms with E-state index in [0.717, 1.165) is 28.2 Å². The highest BCUT2D eigenvalue weighted by Crippen LogP contribution is 2.40. The zero-order chi connectivity index (χ0) is 27.8. The predicted octanol–water partition coefficient (Wildman–Crippen LogP) is 10.0. The third-order valence-corrected chi connectivity index (χ3v) is 7.45. The van der Waals surface area contributed by atoms with Crippen LogP contribution in [0.4, 0.5) is 17.1 Å². The Balaban J connectivity index is 0.000000167. The summed E-state index contributed by atoms with van der Waals surface area (Å²) >= 11 is 0. The Morgan fingerprint density at radius 3 is 2.15 bits per heavy atom. The number of hydrogen-bond acceptors (Lipinski definition) is 3. The van der Waals surface area contributed by atoms with E-state index in [9.17, 15) is 0 Å². The van der Waals surface area contributed by atoms with Crippen LogP contribution >= 0.6 is 0 Å². The van der Waals surface area contributed by atoms with Crippen LogP contribution in [0, 0.1) is 6.92 Å². The maximum atomic E-state index is 6.13. The van der Waals surface area contributed by atoms with Crippen LogP contribution in [0.3, 0.4) is 0 Å². The summed E-state index contributed by atoms with van der Waals surface area (Å²) in [6, 6.07) is 47.6. The number of aromatic nitrogens is 1. The Hall–Kier alpha value is -5.48. The molecular weight excluding hydrogens is 502 g/mol. The van der Waals surface area contributed by atoms with Gasteiger partial charge in [0.15, 0.2) is 0 Å². The molecule has 3 N–H and O–H groups in total. The predicted molar refractivity (Wildman–Crippen MR) is 173 cm³/mol. The molecular formula is C37H29N3O. The average molecular weight is 532 g/mol. The molecule has 0 saturated carbocycles. The lowest BCUT2D eigenvalue weighted by Crippen LogP contribution is -1.94. The summed E-state index contributed by atoms with van der Waals surface area (Å²) in [4.78, 5) is 0. The minimum Gasteiger partial charge on any atom is -0.456 e. The second-order valence-corrected chi connectivity index (χ2v) is 10.2. The largest absolute Gasteiger partial charge is 0.456 e. The molecule has 0 bridgehead atoms. The van der Waals surface area contributed by atoms with Gasteiger partial charge in [-0.3, -0.25) is 0 Å². The van der Waals surface area contributed by atoms with E-state index in [-0.39, 0.29) is 0 Å². The van der Waals surface area contributed by atoms with Crippen molar-refractivity contribution in [1.29, 1.82) is 0 Å². The Bertz CT molecular complexity index is 2150. The molecule has 4 heteroatoms. The fraction of sp³-hybridized carbons (Fsp3) is 0.0270. The second-order valence-electron chi connectivity index (χ2n) is 10.2. The Morgan fingerprint density at radius 2 is 1.32 bits per heavy atom. The van der Waals surface area contributed by atoms with Crippen molar-refractivity contribution in [2.75, 3.05) is 11.1 Å². The number of benzene rings is 6. The topological polar surface area (TPSA) is 56.1 Å². The molecule has 0 aliphatic carbocycles. The first-order valence-corrected chi connectivity index (χ1v) is 13.7. The van der Waals surface area contributed by atoms with E-state index in [1.165, 1.54) is 43.8 Å². The van der Waals surface area contributed by atoms with Crippen LogP contribution < -0.4 is 11.1 Å². The first kappa shape index (κ1) is 24.6. The summed E-state index contributed by atoms with van der Waals surface area (Å²) in [5, 5.41) is 8.13. The SMILES string of the molecule is Cc1cccc(-n2c3ccccc3c3c4c(ccc32)oc2ccccc24)c1.Nc1ccccc1Nc1ccccc1. The van der Waals surface area contributed by atoms with Gasteiger partial charge in [-0.05, 0) is 73.2 Å². The van der Waals surface area contributed by atoms with Gasteiger partial charge in [0.25, 0.3) is 0 Å². The van der Waals surface area contributed by atoms with Crippen LogP contribution in [0.5, 0.6) is 0 Å². The molecule has 0 aliphatic heterocycles. The summed E-state index contributed by atoms with van der Waals surface area (Å²) in [7, 11) is 0. The zero-order valence-corrected chi connectivity index (χ0v) is 22.7. The van der Waals surface area contributed by atoms with Crippen LogP contribution in [0.1, 0.15) is 5.56 Å². The van der Waals surface area contributed by atoms with Gasteiger partial charge >= 0.3 is 0 Å². The molecule has 41 heavy (non-hydrogen) atoms. The highest BCUT2D eigenvalue weighted by Gasteiger charge is 2.18. The Morgan fingerprint density at radius 1 is 0.585 bits per heavy atom. The van der Waals surface area contributed by atoms with Crippen molar-refractivity contribution >= 4 is 60.8 Å². The molecule has 4 nitrogen and oxygen atoms in total. The molecule has 0 fully saturated rings. The van der Waals surface area contributed by atoms with Crippen molar-refractivity contribution in [2.45, 2.75) is 6.92 Å². The molecule has 0 aliphatic rings. The number of nitrogen functional groups attached to an aromatic ring is 1. The average Bonchev–Trinajstić information content (AvgIpc) is 3.55. The van der Waals surface area contributed by atoms with Crippen molar-refractivity contribution in [3.8, 4) is 5.69 Å². The molecule has 0 unspecified atom stereocenters. The number of aryl methyl sites for hydroxylation is 1. The third-order valence-electron chi connectivity index (χ3n) is 7.45. The van der Waals surface area contributed by atoms with Gasteiger partial charge in [-0.15, -0.1) is 0 Å². The number of nitrogens with two attached hydrogens (primary N) is 1. The number of hydrogen-bond donors (Lipinski definition) is 2. The molecule has 2 aromatic heterocycles. The lowest BCUT2D eigenvalue weighted by atomic mass is 10.1. The fourth-order valence-electron chi connectivity index (χ4n) is 5.61. The summed E-state index contributed by atoms with van der Waals surface area (Å²) in [5.41, 5.74) is 15.3. The second kappa shape index (κ2) is 10.2. The molecule has 0 spiro atoms. The molecule has 198 valence electrons. The lowest BCUT2D eigenvalue weighted by Gasteiger charge is -2.08. The number of fused-ring (bicyclic) bond motifs is 7. The van der Waals surface area contributed by atoms with Crippen molar-refractivity contribution in [3.05, 3.63) is 145 Å². The van der Waals surface area contributed by atoms with Crippen LogP contribution in [0.25, 0.3) is 49.4 Å². The number of nitrogens with zero attached hydrogens (tertiary/aromatic N) is 1. The maximum absolute atomic E-state index is 6.13. The van der Waals surface area contributed by atoms with Gasteiger partial charge in [-0.25, -0.2) is 0 Å². The van der Waals surface area contributed by atoms with E-state index in [0.29, 0.717) is 0 Å². The normalized spacial score (nSPS) is 11.1. The molecule has 2 heterocycles. The fourth-order valence-corrected chi connectivity index (χ4v) is 5.61. The van der Waals surface area contributed by atoms with Gasteiger partial charge in [0, 0.05) is 32.9 Å². The van der Waals surface area contributed by atoms with Crippen LogP contribution in [-0.2, 0) is 0 Å². The highest BCUT2D eigenvalue weighted by atomic mass is 16.3. The number of furan rings is 1. The van der Waals surface area contributed by atoms with Crippen molar-refractivity contribution < 1.29 is 4.42 Å². The van der Waals surface area contributed by atoms with Crippen LogP contribution in [-0.4, -0.2) is 4.57 Å². The molecule has 0 saturated heterocycles. The van der Waals surface area contributed by atoms with E-state index >= 15 is 0 Å². The van der Waals surface area contributed by atoms with E-state index in [2.05, 4.69) is 89.6 Å². The van der Waals surface area contributed by atoms with Gasteiger partial charge in [-0.2, -0.15) is 0 Å². The first-order chi connectivity index (χ1) is 20.2. The number of para-hydroxylation sites is 5. The van der Waals surface area contributed by atoms with Crippen molar-refractivity contribution in [1.82, 2.24) is 4.57 Å². The van der Waals surface area contributed by atoms with Gasteiger partial charge in [0.2, 0.25) is 0 Å². The minimum absolute atomic E-state index is 0.761. The molecule has 6 aromatic carbocycles. The van der Waals surface area contributed by atoms with Crippen LogP contribution in [0.2, 0.25) is 0 Å². The Kier molecular flexibility index (Phi) is 6.14. The molecule has 8 rings (SSSR count). The Labute approximate surface area is 238 Å². The van der Waals surface area contributed by atoms with Gasteiger partial charge in [-0.1, -0.05) is 78.9 Å². The smallest absolute Gasteiger partial charge is 0.136 e. The van der Waals surface area contributed by atoms with E-state index in [4.69, 9.17) is 10.2 Å². The summed E-state index contributed by atoms with van der Waals surface area (Å²) < 4.78 is 8.49. The molecule has 0 amide bonds. The number of rotatable bonds is 3. The zero-order valence-electron chi connectivity index (χ0n) is 22.7. The number of anilines is 3. The quantitative estimate of drug-likeness (QED) is 0.223. The van der Waals surface area contributed by atoms with Crippen molar-refractivity contribution in [3.63, 3.8) is 0 Å².